The van der Waals surface area contributed by atoms with Gasteiger partial charge < -0.3 is 4.74 Å². The number of halogens is 1. The number of hydrogen-bond donors (Lipinski definition) is 0. The third kappa shape index (κ3) is 6.27. The molecule has 2 aromatic rings. The van der Waals surface area contributed by atoms with E-state index in [1.807, 2.05) is 43.3 Å². The molecule has 0 amide bonds. The number of carbonyl (C=O) groups excluding carboxylic acids is 1. The summed E-state index contributed by atoms with van der Waals surface area (Å²) in [6.45, 7) is 6.98. The van der Waals surface area contributed by atoms with Crippen molar-refractivity contribution in [1.82, 2.24) is 0 Å². The molecule has 2 nitrogen and oxygen atoms in total. The van der Waals surface area contributed by atoms with Gasteiger partial charge in [0, 0.05) is 24.4 Å². The maximum atomic E-state index is 12.5. The topological polar surface area (TPSA) is 26.3 Å². The fourth-order valence-electron chi connectivity index (χ4n) is 2.16. The van der Waals surface area contributed by atoms with Crippen molar-refractivity contribution in [3.05, 3.63) is 58.6 Å². The first kappa shape index (κ1) is 21.3. The first-order chi connectivity index (χ1) is 11.0. The third-order valence-corrected chi connectivity index (χ3v) is 4.94. The summed E-state index contributed by atoms with van der Waals surface area (Å²) in [5, 5.41) is 1.52. The molecule has 2 rings (SSSR count). The van der Waals surface area contributed by atoms with Gasteiger partial charge in [0.1, 0.15) is 5.75 Å². The summed E-state index contributed by atoms with van der Waals surface area (Å²) in [5.74, 6) is 1.48. The number of ether oxygens (including phenoxy) is 1. The fraction of sp³-hybridized carbons (Fsp3) is 0.316. The molecule has 1 unspecified atom stereocenters. The predicted octanol–water partition coefficient (Wildman–Crippen LogP) is 4.84. The Morgan fingerprint density at radius 2 is 1.83 bits per heavy atom. The molecule has 0 aliphatic heterocycles. The monoisotopic (exact) mass is 355 g/mol. The number of carbonyl (C=O) groups is 1. The van der Waals surface area contributed by atoms with Crippen molar-refractivity contribution in [2.45, 2.75) is 27.2 Å². The van der Waals surface area contributed by atoms with Crippen LogP contribution in [0.4, 0.5) is 0 Å². The first-order valence-corrected chi connectivity index (χ1v) is 9.14. The molecule has 24 heavy (non-hydrogen) atoms. The Labute approximate surface area is 163 Å². The van der Waals surface area contributed by atoms with Crippen LogP contribution < -0.4 is 10.0 Å². The average Bonchev–Trinajstić information content (AvgIpc) is 2.48. The van der Waals surface area contributed by atoms with Crippen LogP contribution in [0.1, 0.15) is 36.2 Å². The molecule has 1 radical (unpaired) electrons. The Kier molecular flexibility index (Phi) is 9.10. The molecule has 0 aromatic heterocycles. The van der Waals surface area contributed by atoms with E-state index in [1.165, 1.54) is 0 Å². The molecule has 0 aliphatic rings. The summed E-state index contributed by atoms with van der Waals surface area (Å²) in [5.41, 5.74) is 1.62. The van der Waals surface area contributed by atoms with Gasteiger partial charge in [0.15, 0.2) is 5.52 Å². The molecule has 5 heteroatoms. The van der Waals surface area contributed by atoms with Crippen LogP contribution in [0.25, 0.3) is 0 Å². The second-order valence-corrected chi connectivity index (χ2v) is 7.63. The summed E-state index contributed by atoms with van der Waals surface area (Å²) in [6, 6.07) is 13.3. The molecule has 0 bridgehead atoms. The van der Waals surface area contributed by atoms with E-state index in [9.17, 15) is 4.79 Å². The van der Waals surface area contributed by atoms with E-state index in [2.05, 4.69) is 13.8 Å². The number of rotatable bonds is 7. The zero-order valence-electron chi connectivity index (χ0n) is 14.7. The zero-order chi connectivity index (χ0) is 16.8. The van der Waals surface area contributed by atoms with Gasteiger partial charge in [-0.3, -0.25) is 4.79 Å². The molecule has 0 saturated carbocycles. The van der Waals surface area contributed by atoms with Gasteiger partial charge in [-0.15, -0.1) is 0 Å². The van der Waals surface area contributed by atoms with Gasteiger partial charge in [-0.25, -0.2) is 0 Å². The SMILES string of the molecule is Cc1cccc(Cl)c1C(=O)Pc1ccc(OCCC(C)C)cc1.[Li]. The third-order valence-electron chi connectivity index (χ3n) is 3.53. The Morgan fingerprint density at radius 1 is 1.17 bits per heavy atom. The molecular weight excluding hydrogens is 334 g/mol. The van der Waals surface area contributed by atoms with Gasteiger partial charge in [-0.2, -0.15) is 0 Å². The minimum absolute atomic E-state index is 0. The Balaban J connectivity index is 0.00000288. The minimum atomic E-state index is 0. The van der Waals surface area contributed by atoms with Crippen LogP contribution in [0.3, 0.4) is 0 Å². The molecular formula is C19H22ClLiO2P. The van der Waals surface area contributed by atoms with Crippen molar-refractivity contribution in [2.24, 2.45) is 5.92 Å². The van der Waals surface area contributed by atoms with Crippen molar-refractivity contribution in [1.29, 1.82) is 0 Å². The number of aryl methyl sites for hydroxylation is 1. The van der Waals surface area contributed by atoms with E-state index in [4.69, 9.17) is 16.3 Å². The predicted molar refractivity (Wildman–Crippen MR) is 106 cm³/mol. The second-order valence-electron chi connectivity index (χ2n) is 5.94. The van der Waals surface area contributed by atoms with E-state index >= 15 is 0 Å². The summed E-state index contributed by atoms with van der Waals surface area (Å²) in [7, 11) is 0.0643. The summed E-state index contributed by atoms with van der Waals surface area (Å²) < 4.78 is 5.70. The van der Waals surface area contributed by atoms with Crippen LogP contribution in [0.5, 0.6) is 5.75 Å². The molecule has 0 spiro atoms. The first-order valence-electron chi connectivity index (χ1n) is 7.76. The molecule has 1 atom stereocenters. The molecule has 0 heterocycles. The molecule has 2 aromatic carbocycles. The molecule has 0 saturated heterocycles. The van der Waals surface area contributed by atoms with Crippen LogP contribution in [0.2, 0.25) is 5.02 Å². The van der Waals surface area contributed by atoms with Gasteiger partial charge in [-0.05, 0) is 56.9 Å². The molecule has 0 fully saturated rings. The quantitative estimate of drug-likeness (QED) is 0.525. The largest absolute Gasteiger partial charge is 0.494 e. The van der Waals surface area contributed by atoms with Crippen LogP contribution in [0.15, 0.2) is 42.5 Å². The number of benzene rings is 2. The van der Waals surface area contributed by atoms with Gasteiger partial charge in [0.2, 0.25) is 0 Å². The van der Waals surface area contributed by atoms with Crippen molar-refractivity contribution in [2.75, 3.05) is 6.61 Å². The van der Waals surface area contributed by atoms with Crippen molar-refractivity contribution < 1.29 is 9.53 Å². The van der Waals surface area contributed by atoms with E-state index < -0.39 is 0 Å². The van der Waals surface area contributed by atoms with Crippen molar-refractivity contribution >= 4 is 49.9 Å². The molecule has 0 aliphatic carbocycles. The van der Waals surface area contributed by atoms with E-state index in [0.29, 0.717) is 16.5 Å². The van der Waals surface area contributed by atoms with Crippen LogP contribution in [0, 0.1) is 12.8 Å². The minimum Gasteiger partial charge on any atom is -0.494 e. The normalized spacial score (nSPS) is 10.9. The van der Waals surface area contributed by atoms with Gasteiger partial charge in [0.05, 0.1) is 11.6 Å². The van der Waals surface area contributed by atoms with Crippen molar-refractivity contribution in [3.63, 3.8) is 0 Å². The van der Waals surface area contributed by atoms with E-state index in [1.54, 1.807) is 6.07 Å². The maximum Gasteiger partial charge on any atom is 0.187 e. The van der Waals surface area contributed by atoms with Crippen LogP contribution in [-0.4, -0.2) is 31.0 Å². The van der Waals surface area contributed by atoms with Crippen molar-refractivity contribution in [3.8, 4) is 5.75 Å². The van der Waals surface area contributed by atoms with Crippen LogP contribution in [-0.2, 0) is 0 Å². The van der Waals surface area contributed by atoms with Gasteiger partial charge in [0.25, 0.3) is 0 Å². The summed E-state index contributed by atoms with van der Waals surface area (Å²) >= 11 is 6.16. The standard InChI is InChI=1S/C19H22ClO2P.Li/c1-13(2)11-12-22-15-7-9-16(10-8-15)23-19(21)18-14(3)5-4-6-17(18)20;/h4-10,13,23H,11-12H2,1-3H3;. The second kappa shape index (κ2) is 10.3. The van der Waals surface area contributed by atoms with Crippen LogP contribution >= 0.6 is 20.2 Å². The Hall–Kier alpha value is -0.773. The Morgan fingerprint density at radius 3 is 2.42 bits per heavy atom. The smallest absolute Gasteiger partial charge is 0.187 e. The number of hydrogen-bond acceptors (Lipinski definition) is 2. The zero-order valence-corrected chi connectivity index (χ0v) is 16.5. The fourth-order valence-corrected chi connectivity index (χ4v) is 3.60. The van der Waals surface area contributed by atoms with E-state index in [0.717, 1.165) is 29.6 Å². The Bertz CT molecular complexity index is 651. The summed E-state index contributed by atoms with van der Waals surface area (Å²) in [6.07, 6.45) is 1.04. The molecule has 0 N–H and O–H groups in total. The van der Waals surface area contributed by atoms with E-state index in [-0.39, 0.29) is 33.0 Å². The maximum absolute atomic E-state index is 12.5. The van der Waals surface area contributed by atoms with Gasteiger partial charge in [-0.1, -0.05) is 49.7 Å². The summed E-state index contributed by atoms with van der Waals surface area (Å²) in [4.78, 5) is 12.5. The molecule has 123 valence electrons. The van der Waals surface area contributed by atoms with Gasteiger partial charge >= 0.3 is 0 Å². The average molecular weight is 356 g/mol.